The van der Waals surface area contributed by atoms with Gasteiger partial charge >= 0.3 is 6.01 Å². The zero-order valence-corrected chi connectivity index (χ0v) is 13.7. The van der Waals surface area contributed by atoms with E-state index in [1.807, 2.05) is 4.90 Å². The zero-order valence-electron chi connectivity index (χ0n) is 13.7. The molecule has 1 aromatic heterocycles. The fraction of sp³-hybridized carbons (Fsp3) is 0.706. The highest BCUT2D eigenvalue weighted by molar-refractivity contribution is 5.79. The molecule has 2 heterocycles. The minimum atomic E-state index is 0.102. The molecule has 0 bridgehead atoms. The van der Waals surface area contributed by atoms with Crippen molar-refractivity contribution in [2.75, 3.05) is 20.2 Å². The summed E-state index contributed by atoms with van der Waals surface area (Å²) in [6.45, 7) is 1.56. The van der Waals surface area contributed by atoms with E-state index in [9.17, 15) is 4.79 Å². The van der Waals surface area contributed by atoms with E-state index in [0.29, 0.717) is 17.8 Å². The highest BCUT2D eigenvalue weighted by atomic mass is 16.5. The molecule has 1 aliphatic heterocycles. The van der Waals surface area contributed by atoms with Gasteiger partial charge in [0.25, 0.3) is 0 Å². The Labute approximate surface area is 137 Å². The lowest BCUT2D eigenvalue weighted by Crippen LogP contribution is -2.44. The molecule has 3 rings (SSSR count). The lowest BCUT2D eigenvalue weighted by atomic mass is 9.88. The second kappa shape index (κ2) is 7.62. The highest BCUT2D eigenvalue weighted by Crippen LogP contribution is 2.27. The maximum Gasteiger partial charge on any atom is 0.319 e. The number of ether oxygens (including phenoxy) is 2. The van der Waals surface area contributed by atoms with Crippen molar-refractivity contribution in [3.63, 3.8) is 0 Å². The molecule has 0 aromatic carbocycles. The topological polar surface area (TPSA) is 64.6 Å². The largest absolute Gasteiger partial charge is 0.474 e. The van der Waals surface area contributed by atoms with Crippen LogP contribution in [0.4, 0.5) is 0 Å². The van der Waals surface area contributed by atoms with Crippen LogP contribution in [0.15, 0.2) is 12.3 Å². The van der Waals surface area contributed by atoms with Crippen LogP contribution in [0.2, 0.25) is 0 Å². The second-order valence-corrected chi connectivity index (χ2v) is 6.36. The van der Waals surface area contributed by atoms with Gasteiger partial charge in [0.05, 0.1) is 7.11 Å². The molecule has 0 radical (unpaired) electrons. The van der Waals surface area contributed by atoms with Crippen LogP contribution < -0.4 is 9.47 Å². The molecule has 2 fully saturated rings. The third kappa shape index (κ3) is 4.12. The summed E-state index contributed by atoms with van der Waals surface area (Å²) >= 11 is 0. The van der Waals surface area contributed by atoms with Gasteiger partial charge in [-0.3, -0.25) is 4.79 Å². The molecule has 0 unspecified atom stereocenters. The van der Waals surface area contributed by atoms with Gasteiger partial charge in [0, 0.05) is 44.1 Å². The molecule has 1 saturated heterocycles. The lowest BCUT2D eigenvalue weighted by molar-refractivity contribution is -0.138. The fourth-order valence-electron chi connectivity index (χ4n) is 3.46. The predicted molar refractivity (Wildman–Crippen MR) is 85.4 cm³/mol. The number of hydrogen-bond donors (Lipinski definition) is 0. The van der Waals surface area contributed by atoms with Crippen molar-refractivity contribution in [1.82, 2.24) is 14.9 Å². The van der Waals surface area contributed by atoms with Crippen molar-refractivity contribution in [2.24, 2.45) is 5.92 Å². The van der Waals surface area contributed by atoms with Gasteiger partial charge in [0.2, 0.25) is 11.8 Å². The van der Waals surface area contributed by atoms with E-state index >= 15 is 0 Å². The molecule has 1 amide bonds. The highest BCUT2D eigenvalue weighted by Gasteiger charge is 2.29. The van der Waals surface area contributed by atoms with Gasteiger partial charge in [-0.05, 0) is 12.8 Å². The lowest BCUT2D eigenvalue weighted by Gasteiger charge is -2.35. The van der Waals surface area contributed by atoms with Crippen molar-refractivity contribution in [3.05, 3.63) is 12.3 Å². The molecule has 2 aliphatic rings. The van der Waals surface area contributed by atoms with E-state index in [1.165, 1.54) is 26.4 Å². The van der Waals surface area contributed by atoms with Crippen molar-refractivity contribution >= 4 is 5.91 Å². The molecule has 1 aliphatic carbocycles. The Morgan fingerprint density at radius 2 is 1.91 bits per heavy atom. The van der Waals surface area contributed by atoms with Crippen LogP contribution in [0.25, 0.3) is 0 Å². The van der Waals surface area contributed by atoms with E-state index in [2.05, 4.69) is 9.97 Å². The molecular weight excluding hydrogens is 294 g/mol. The Balaban J connectivity index is 1.48. The number of likely N-dealkylation sites (tertiary alicyclic amines) is 1. The number of rotatable bonds is 4. The number of carbonyl (C=O) groups is 1. The van der Waals surface area contributed by atoms with Gasteiger partial charge in [-0.2, -0.15) is 4.98 Å². The molecule has 0 spiro atoms. The first-order chi connectivity index (χ1) is 11.3. The van der Waals surface area contributed by atoms with Crippen LogP contribution in [0.1, 0.15) is 44.9 Å². The normalized spacial score (nSPS) is 20.3. The van der Waals surface area contributed by atoms with Crippen molar-refractivity contribution in [2.45, 2.75) is 51.0 Å². The summed E-state index contributed by atoms with van der Waals surface area (Å²) in [5.74, 6) is 1.15. The number of carbonyl (C=O) groups excluding carboxylic acids is 1. The number of methoxy groups -OCH3 is 1. The summed E-state index contributed by atoms with van der Waals surface area (Å²) < 4.78 is 10.9. The second-order valence-electron chi connectivity index (χ2n) is 6.36. The summed E-state index contributed by atoms with van der Waals surface area (Å²) in [6.07, 6.45) is 9.24. The van der Waals surface area contributed by atoms with E-state index in [1.54, 1.807) is 12.3 Å². The number of hydrogen-bond acceptors (Lipinski definition) is 5. The molecule has 6 nitrogen and oxygen atoms in total. The molecule has 0 atom stereocenters. The molecule has 23 heavy (non-hydrogen) atoms. The van der Waals surface area contributed by atoms with Crippen LogP contribution in [0.3, 0.4) is 0 Å². The summed E-state index contributed by atoms with van der Waals surface area (Å²) in [6, 6.07) is 2.05. The van der Waals surface area contributed by atoms with E-state index in [4.69, 9.17) is 9.47 Å². The first-order valence-corrected chi connectivity index (χ1v) is 8.59. The van der Waals surface area contributed by atoms with Gasteiger partial charge in [-0.1, -0.05) is 19.3 Å². The average Bonchev–Trinajstić information content (AvgIpc) is 2.63. The Morgan fingerprint density at radius 3 is 2.61 bits per heavy atom. The summed E-state index contributed by atoms with van der Waals surface area (Å²) in [5, 5.41) is 0. The van der Waals surface area contributed by atoms with E-state index < -0.39 is 0 Å². The van der Waals surface area contributed by atoms with Gasteiger partial charge in [0.1, 0.15) is 6.10 Å². The van der Waals surface area contributed by atoms with E-state index in [0.717, 1.165) is 38.8 Å². The third-order valence-corrected chi connectivity index (χ3v) is 4.79. The van der Waals surface area contributed by atoms with Gasteiger partial charge in [-0.15, -0.1) is 0 Å². The quantitative estimate of drug-likeness (QED) is 0.853. The van der Waals surface area contributed by atoms with Gasteiger partial charge in [-0.25, -0.2) is 4.98 Å². The molecule has 6 heteroatoms. The van der Waals surface area contributed by atoms with Gasteiger partial charge in [0.15, 0.2) is 0 Å². The zero-order chi connectivity index (χ0) is 16.1. The molecular formula is C17H25N3O3. The molecule has 0 N–H and O–H groups in total. The molecule has 126 valence electrons. The molecule has 1 saturated carbocycles. The SMILES string of the molecule is COc1nccc(OC2CCN(C(=O)C3CCCCC3)CC2)n1. The Morgan fingerprint density at radius 1 is 1.17 bits per heavy atom. The summed E-state index contributed by atoms with van der Waals surface area (Å²) in [7, 11) is 1.54. The summed E-state index contributed by atoms with van der Waals surface area (Å²) in [5.41, 5.74) is 0. The Bertz CT molecular complexity index is 524. The minimum Gasteiger partial charge on any atom is -0.474 e. The van der Waals surface area contributed by atoms with Crippen molar-refractivity contribution in [1.29, 1.82) is 0 Å². The number of piperidine rings is 1. The minimum absolute atomic E-state index is 0.102. The third-order valence-electron chi connectivity index (χ3n) is 4.79. The van der Waals surface area contributed by atoms with E-state index in [-0.39, 0.29) is 12.0 Å². The summed E-state index contributed by atoms with van der Waals surface area (Å²) in [4.78, 5) is 22.7. The number of nitrogens with zero attached hydrogens (tertiary/aromatic N) is 3. The smallest absolute Gasteiger partial charge is 0.319 e. The maximum atomic E-state index is 12.5. The van der Waals surface area contributed by atoms with Crippen LogP contribution >= 0.6 is 0 Å². The number of amides is 1. The predicted octanol–water partition coefficient (Wildman–Crippen LogP) is 2.44. The van der Waals surface area contributed by atoms with Gasteiger partial charge < -0.3 is 14.4 Å². The Hall–Kier alpha value is -1.85. The van der Waals surface area contributed by atoms with Crippen LogP contribution in [0.5, 0.6) is 11.9 Å². The van der Waals surface area contributed by atoms with Crippen molar-refractivity contribution < 1.29 is 14.3 Å². The first kappa shape index (κ1) is 16.0. The monoisotopic (exact) mass is 319 g/mol. The van der Waals surface area contributed by atoms with Crippen LogP contribution in [-0.2, 0) is 4.79 Å². The maximum absolute atomic E-state index is 12.5. The Kier molecular flexibility index (Phi) is 5.31. The average molecular weight is 319 g/mol. The molecule has 1 aromatic rings. The van der Waals surface area contributed by atoms with Crippen LogP contribution in [-0.4, -0.2) is 47.1 Å². The standard InChI is InChI=1S/C17H25N3O3/c1-22-17-18-10-7-15(19-17)23-14-8-11-20(12-9-14)16(21)13-5-3-2-4-6-13/h7,10,13-14H,2-6,8-9,11-12H2,1H3. The van der Waals surface area contributed by atoms with Crippen LogP contribution in [0, 0.1) is 5.92 Å². The number of aromatic nitrogens is 2. The van der Waals surface area contributed by atoms with Crippen molar-refractivity contribution in [3.8, 4) is 11.9 Å². The first-order valence-electron chi connectivity index (χ1n) is 8.59. The fourth-order valence-corrected chi connectivity index (χ4v) is 3.46.